The van der Waals surface area contributed by atoms with E-state index in [1.54, 1.807) is 0 Å². The first kappa shape index (κ1) is 11.6. The number of rotatable bonds is 5. The lowest BCUT2D eigenvalue weighted by Crippen LogP contribution is -2.23. The van der Waals surface area contributed by atoms with Crippen LogP contribution in [0.2, 0.25) is 0 Å². The van der Waals surface area contributed by atoms with Crippen LogP contribution in [-0.4, -0.2) is 31.7 Å². The average molecular weight is 235 g/mol. The van der Waals surface area contributed by atoms with Gasteiger partial charge in [-0.25, -0.2) is 0 Å². The minimum atomic E-state index is 0.712. The van der Waals surface area contributed by atoms with Crippen molar-refractivity contribution in [3.8, 4) is 5.75 Å². The van der Waals surface area contributed by atoms with Crippen LogP contribution < -0.4 is 10.1 Å². The maximum atomic E-state index is 5.68. The Bertz CT molecular complexity index is 376. The summed E-state index contributed by atoms with van der Waals surface area (Å²) in [5.41, 5.74) is 2.51. The third-order valence-corrected chi connectivity index (χ3v) is 3.14. The number of fused-ring (bicyclic) bond motifs is 1. The number of hydrogen-bond acceptors (Lipinski definition) is 3. The van der Waals surface area contributed by atoms with Gasteiger partial charge in [-0.05, 0) is 24.0 Å². The molecular formula is C13H17NOS. The van der Waals surface area contributed by atoms with Gasteiger partial charge in [-0.1, -0.05) is 18.2 Å². The van der Waals surface area contributed by atoms with Crippen LogP contribution in [0.15, 0.2) is 29.8 Å². The summed E-state index contributed by atoms with van der Waals surface area (Å²) in [4.78, 5) is 0. The number of nitrogens with one attached hydrogen (secondary N) is 1. The van der Waals surface area contributed by atoms with E-state index in [1.165, 1.54) is 11.1 Å². The van der Waals surface area contributed by atoms with E-state index in [9.17, 15) is 0 Å². The SMILES string of the molecule is CSCCNCC1=Cc2ccccc2OC1. The summed E-state index contributed by atoms with van der Waals surface area (Å²) in [6, 6.07) is 8.16. The molecule has 1 aromatic carbocycles. The van der Waals surface area contributed by atoms with Crippen molar-refractivity contribution in [2.75, 3.05) is 31.7 Å². The quantitative estimate of drug-likeness (QED) is 0.792. The summed E-state index contributed by atoms with van der Waals surface area (Å²) in [6.07, 6.45) is 4.35. The van der Waals surface area contributed by atoms with Gasteiger partial charge in [0.15, 0.2) is 0 Å². The van der Waals surface area contributed by atoms with Crippen LogP contribution in [0.5, 0.6) is 5.75 Å². The van der Waals surface area contributed by atoms with Crippen molar-refractivity contribution in [3.63, 3.8) is 0 Å². The molecule has 1 aliphatic rings. The smallest absolute Gasteiger partial charge is 0.127 e. The van der Waals surface area contributed by atoms with Gasteiger partial charge in [-0.2, -0.15) is 11.8 Å². The van der Waals surface area contributed by atoms with Gasteiger partial charge in [0.25, 0.3) is 0 Å². The predicted octanol–water partition coefficient (Wildman–Crippen LogP) is 2.42. The molecule has 2 nitrogen and oxygen atoms in total. The molecule has 0 unspecified atom stereocenters. The maximum absolute atomic E-state index is 5.68. The molecule has 1 aliphatic heterocycles. The summed E-state index contributed by atoms with van der Waals surface area (Å²) in [5.74, 6) is 2.15. The lowest BCUT2D eigenvalue weighted by molar-refractivity contribution is 0.343. The van der Waals surface area contributed by atoms with Crippen LogP contribution in [0.25, 0.3) is 6.08 Å². The van der Waals surface area contributed by atoms with Gasteiger partial charge in [-0.15, -0.1) is 0 Å². The van der Waals surface area contributed by atoms with Gasteiger partial charge < -0.3 is 10.1 Å². The van der Waals surface area contributed by atoms with Crippen molar-refractivity contribution in [1.82, 2.24) is 5.32 Å². The van der Waals surface area contributed by atoms with E-state index in [1.807, 2.05) is 30.0 Å². The first-order chi connectivity index (χ1) is 7.90. The summed E-state index contributed by atoms with van der Waals surface area (Å²) < 4.78 is 5.68. The second kappa shape index (κ2) is 5.97. The summed E-state index contributed by atoms with van der Waals surface area (Å²) in [5, 5.41) is 3.42. The Balaban J connectivity index is 1.91. The van der Waals surface area contributed by atoms with E-state index in [0.717, 1.165) is 24.6 Å². The number of benzene rings is 1. The molecule has 2 rings (SSSR count). The Hall–Kier alpha value is -0.930. The van der Waals surface area contributed by atoms with Gasteiger partial charge in [0.05, 0.1) is 0 Å². The molecule has 0 spiro atoms. The zero-order valence-electron chi connectivity index (χ0n) is 9.53. The molecule has 0 bridgehead atoms. The fourth-order valence-corrected chi connectivity index (χ4v) is 2.04. The van der Waals surface area contributed by atoms with Crippen LogP contribution in [0.4, 0.5) is 0 Å². The number of ether oxygens (including phenoxy) is 1. The Morgan fingerprint density at radius 1 is 1.38 bits per heavy atom. The standard InChI is InChI=1S/C13H17NOS/c1-16-7-6-14-9-11-8-12-4-2-3-5-13(12)15-10-11/h2-5,8,14H,6-7,9-10H2,1H3. The van der Waals surface area contributed by atoms with E-state index in [2.05, 4.69) is 23.7 Å². The molecule has 0 fully saturated rings. The fourth-order valence-electron chi connectivity index (χ4n) is 1.69. The van der Waals surface area contributed by atoms with Crippen LogP contribution in [0.1, 0.15) is 5.56 Å². The molecule has 0 saturated carbocycles. The molecule has 0 radical (unpaired) electrons. The predicted molar refractivity (Wildman–Crippen MR) is 71.2 cm³/mol. The Morgan fingerprint density at radius 2 is 2.25 bits per heavy atom. The van der Waals surface area contributed by atoms with Gasteiger partial charge in [0.1, 0.15) is 12.4 Å². The number of thioether (sulfide) groups is 1. The highest BCUT2D eigenvalue weighted by Crippen LogP contribution is 2.25. The molecule has 0 aliphatic carbocycles. The Labute approximate surface area is 101 Å². The molecule has 1 N–H and O–H groups in total. The third kappa shape index (κ3) is 3.03. The molecule has 1 aromatic rings. The highest BCUT2D eigenvalue weighted by atomic mass is 32.2. The topological polar surface area (TPSA) is 21.3 Å². The van der Waals surface area contributed by atoms with Crippen LogP contribution in [0, 0.1) is 0 Å². The molecule has 16 heavy (non-hydrogen) atoms. The van der Waals surface area contributed by atoms with Crippen molar-refractivity contribution >= 4 is 17.8 Å². The normalized spacial score (nSPS) is 13.9. The molecule has 3 heteroatoms. The average Bonchev–Trinajstić information content (AvgIpc) is 2.34. The second-order valence-electron chi connectivity index (χ2n) is 3.80. The van der Waals surface area contributed by atoms with Crippen molar-refractivity contribution in [2.45, 2.75) is 0 Å². The minimum absolute atomic E-state index is 0.712. The van der Waals surface area contributed by atoms with E-state index < -0.39 is 0 Å². The largest absolute Gasteiger partial charge is 0.489 e. The molecule has 86 valence electrons. The summed E-state index contributed by atoms with van der Waals surface area (Å²) >= 11 is 1.86. The number of hydrogen-bond donors (Lipinski definition) is 1. The molecule has 0 aromatic heterocycles. The van der Waals surface area contributed by atoms with E-state index in [4.69, 9.17) is 4.74 Å². The van der Waals surface area contributed by atoms with Gasteiger partial charge in [-0.3, -0.25) is 0 Å². The van der Waals surface area contributed by atoms with Crippen LogP contribution in [0.3, 0.4) is 0 Å². The molecule has 1 heterocycles. The van der Waals surface area contributed by atoms with E-state index >= 15 is 0 Å². The molecule has 0 atom stereocenters. The molecular weight excluding hydrogens is 218 g/mol. The molecule has 0 amide bonds. The van der Waals surface area contributed by atoms with Crippen molar-refractivity contribution in [3.05, 3.63) is 35.4 Å². The van der Waals surface area contributed by atoms with Gasteiger partial charge in [0, 0.05) is 24.4 Å². The Kier molecular flexibility index (Phi) is 4.31. The monoisotopic (exact) mass is 235 g/mol. The van der Waals surface area contributed by atoms with Crippen LogP contribution >= 0.6 is 11.8 Å². The van der Waals surface area contributed by atoms with Crippen molar-refractivity contribution in [2.24, 2.45) is 0 Å². The Morgan fingerprint density at radius 3 is 3.12 bits per heavy atom. The highest BCUT2D eigenvalue weighted by molar-refractivity contribution is 7.98. The maximum Gasteiger partial charge on any atom is 0.127 e. The highest BCUT2D eigenvalue weighted by Gasteiger charge is 2.09. The van der Waals surface area contributed by atoms with Crippen molar-refractivity contribution < 1.29 is 4.74 Å². The summed E-state index contributed by atoms with van der Waals surface area (Å²) in [6.45, 7) is 2.69. The minimum Gasteiger partial charge on any atom is -0.489 e. The second-order valence-corrected chi connectivity index (χ2v) is 4.78. The first-order valence-corrected chi connectivity index (χ1v) is 6.90. The third-order valence-electron chi connectivity index (χ3n) is 2.53. The van der Waals surface area contributed by atoms with E-state index in [-0.39, 0.29) is 0 Å². The van der Waals surface area contributed by atoms with Crippen LogP contribution in [-0.2, 0) is 0 Å². The lowest BCUT2D eigenvalue weighted by Gasteiger charge is -2.18. The van der Waals surface area contributed by atoms with E-state index in [0.29, 0.717) is 6.61 Å². The summed E-state index contributed by atoms with van der Waals surface area (Å²) in [7, 11) is 0. The number of para-hydroxylation sites is 1. The van der Waals surface area contributed by atoms with Gasteiger partial charge in [0.2, 0.25) is 0 Å². The van der Waals surface area contributed by atoms with Gasteiger partial charge >= 0.3 is 0 Å². The zero-order chi connectivity index (χ0) is 11.2. The lowest BCUT2D eigenvalue weighted by atomic mass is 10.1. The van der Waals surface area contributed by atoms with Crippen molar-refractivity contribution in [1.29, 1.82) is 0 Å². The molecule has 0 saturated heterocycles. The first-order valence-electron chi connectivity index (χ1n) is 5.51. The fraction of sp³-hybridized carbons (Fsp3) is 0.385. The zero-order valence-corrected chi connectivity index (χ0v) is 10.3.